The van der Waals surface area contributed by atoms with Gasteiger partial charge >= 0.3 is 0 Å². The van der Waals surface area contributed by atoms with Gasteiger partial charge in [0.15, 0.2) is 0 Å². The second-order valence-electron chi connectivity index (χ2n) is 3.76. The van der Waals surface area contributed by atoms with Crippen LogP contribution in [0, 0.1) is 0 Å². The minimum Gasteiger partial charge on any atom is -0.545 e. The Hall–Kier alpha value is -1.27. The molecule has 2 rings (SSSR count). The number of pyridine rings is 1. The number of aromatic carboxylic acids is 1. The largest absolute Gasteiger partial charge is 0.545 e. The van der Waals surface area contributed by atoms with Crippen LogP contribution in [0.5, 0.6) is 0 Å². The average molecular weight is 239 g/mol. The van der Waals surface area contributed by atoms with Crippen LogP contribution in [0.25, 0.3) is 0 Å². The molecule has 0 amide bonds. The number of nitrogens with one attached hydrogen (secondary N) is 1. The summed E-state index contributed by atoms with van der Waals surface area (Å²) < 4.78 is 5.10. The lowest BCUT2D eigenvalue weighted by molar-refractivity contribution is -0.255. The second-order valence-corrected chi connectivity index (χ2v) is 5.25. The molecule has 0 aromatic carbocycles. The lowest BCUT2D eigenvalue weighted by atomic mass is 10.2. The summed E-state index contributed by atoms with van der Waals surface area (Å²) in [6, 6.07) is 1.53. The first-order valence-electron chi connectivity index (χ1n) is 4.71. The van der Waals surface area contributed by atoms with Gasteiger partial charge in [-0.3, -0.25) is 0 Å². The van der Waals surface area contributed by atoms with Gasteiger partial charge in [-0.1, -0.05) is 11.8 Å². The van der Waals surface area contributed by atoms with Crippen LogP contribution in [0.4, 0.5) is 5.69 Å². The molecule has 0 fully saturated rings. The molecule has 1 N–H and O–H groups in total. The molecule has 0 saturated heterocycles. The van der Waals surface area contributed by atoms with Gasteiger partial charge in [-0.05, 0) is 13.0 Å². The van der Waals surface area contributed by atoms with E-state index in [2.05, 4.69) is 10.3 Å². The lowest BCUT2D eigenvalue weighted by Crippen LogP contribution is -2.32. The van der Waals surface area contributed by atoms with Crippen molar-refractivity contribution in [3.63, 3.8) is 0 Å². The Morgan fingerprint density at radius 1 is 1.75 bits per heavy atom. The monoisotopic (exact) mass is 239 g/mol. The highest BCUT2D eigenvalue weighted by molar-refractivity contribution is 8.01. The summed E-state index contributed by atoms with van der Waals surface area (Å²) >= 11 is 1.52. The fourth-order valence-electron chi connectivity index (χ4n) is 1.60. The normalized spacial score (nSPS) is 22.6. The first-order chi connectivity index (χ1) is 7.54. The van der Waals surface area contributed by atoms with Gasteiger partial charge in [0.25, 0.3) is 0 Å². The molecule has 0 saturated carbocycles. The Labute approximate surface area is 97.2 Å². The maximum Gasteiger partial charge on any atom is 0.122 e. The van der Waals surface area contributed by atoms with E-state index in [1.165, 1.54) is 24.0 Å². The molecule has 0 aliphatic carbocycles. The van der Waals surface area contributed by atoms with Gasteiger partial charge in [-0.25, -0.2) is 4.98 Å². The van der Waals surface area contributed by atoms with E-state index in [0.717, 1.165) is 5.03 Å². The maximum atomic E-state index is 10.7. The molecule has 0 bridgehead atoms. The molecule has 0 radical (unpaired) electrons. The van der Waals surface area contributed by atoms with Crippen LogP contribution in [-0.4, -0.2) is 29.5 Å². The van der Waals surface area contributed by atoms with Gasteiger partial charge in [0, 0.05) is 18.9 Å². The van der Waals surface area contributed by atoms with E-state index < -0.39 is 5.97 Å². The fourth-order valence-corrected chi connectivity index (χ4v) is 2.69. The number of carboxylic acid groups (broad SMARTS) is 1. The Balaban J connectivity index is 2.27. The summed E-state index contributed by atoms with van der Waals surface area (Å²) in [4.78, 5) is 14.5. The molecule has 5 nitrogen and oxygen atoms in total. The smallest absolute Gasteiger partial charge is 0.122 e. The van der Waals surface area contributed by atoms with Crippen molar-refractivity contribution in [1.29, 1.82) is 0 Å². The summed E-state index contributed by atoms with van der Waals surface area (Å²) in [6.07, 6.45) is 1.31. The topological polar surface area (TPSA) is 74.3 Å². The zero-order chi connectivity index (χ0) is 11.8. The standard InChI is InChI=1S/C10H12N2O3S/c1-10(5-15-2)12-7-3-6(9(13)14)4-11-8(7)16-10/h3-4,12H,5H2,1-2H3,(H,13,14)/p-1. The number of carbonyl (C=O) groups excluding carboxylic acids is 1. The minimum absolute atomic E-state index is 0.0773. The Morgan fingerprint density at radius 2 is 2.50 bits per heavy atom. The van der Waals surface area contributed by atoms with Crippen molar-refractivity contribution in [1.82, 2.24) is 4.98 Å². The van der Waals surface area contributed by atoms with Crippen LogP contribution in [0.3, 0.4) is 0 Å². The number of fused-ring (bicyclic) bond motifs is 1. The molecule has 1 aliphatic heterocycles. The number of hydrogen-bond donors (Lipinski definition) is 1. The molecular weight excluding hydrogens is 228 g/mol. The molecule has 1 aromatic rings. The highest BCUT2D eigenvalue weighted by atomic mass is 32.2. The number of methoxy groups -OCH3 is 1. The number of anilines is 1. The van der Waals surface area contributed by atoms with Gasteiger partial charge in [0.1, 0.15) is 9.90 Å². The summed E-state index contributed by atoms with van der Waals surface area (Å²) in [7, 11) is 1.62. The maximum absolute atomic E-state index is 10.7. The zero-order valence-electron chi connectivity index (χ0n) is 8.94. The number of aromatic nitrogens is 1. The highest BCUT2D eigenvalue weighted by Gasteiger charge is 2.34. The van der Waals surface area contributed by atoms with Crippen molar-refractivity contribution >= 4 is 23.4 Å². The van der Waals surface area contributed by atoms with Crippen molar-refractivity contribution in [2.45, 2.75) is 16.8 Å². The predicted molar refractivity (Wildman–Crippen MR) is 58.3 cm³/mol. The van der Waals surface area contributed by atoms with Crippen LogP contribution in [0.15, 0.2) is 17.3 Å². The van der Waals surface area contributed by atoms with E-state index in [1.54, 1.807) is 7.11 Å². The third-order valence-corrected chi connectivity index (χ3v) is 3.42. The van der Waals surface area contributed by atoms with Crippen molar-refractivity contribution in [2.24, 2.45) is 0 Å². The van der Waals surface area contributed by atoms with Gasteiger partial charge in [-0.15, -0.1) is 0 Å². The SMILES string of the molecule is COCC1(C)Nc2cc(C(=O)[O-])cnc2S1. The van der Waals surface area contributed by atoms with E-state index in [-0.39, 0.29) is 10.4 Å². The van der Waals surface area contributed by atoms with Gasteiger partial charge in [-0.2, -0.15) is 0 Å². The summed E-state index contributed by atoms with van der Waals surface area (Å²) in [6.45, 7) is 2.48. The summed E-state index contributed by atoms with van der Waals surface area (Å²) in [5, 5.41) is 14.7. The third-order valence-electron chi connectivity index (χ3n) is 2.23. The Morgan fingerprint density at radius 3 is 3.12 bits per heavy atom. The summed E-state index contributed by atoms with van der Waals surface area (Å²) in [5.74, 6) is -1.22. The third kappa shape index (κ3) is 1.98. The lowest BCUT2D eigenvalue weighted by Gasteiger charge is -2.22. The molecule has 6 heteroatoms. The van der Waals surface area contributed by atoms with Crippen molar-refractivity contribution in [3.05, 3.63) is 17.8 Å². The van der Waals surface area contributed by atoms with Gasteiger partial charge in [0.05, 0.1) is 18.3 Å². The molecule has 2 heterocycles. The van der Waals surface area contributed by atoms with E-state index in [9.17, 15) is 9.90 Å². The Kier molecular flexibility index (Phi) is 2.77. The first-order valence-corrected chi connectivity index (χ1v) is 5.53. The van der Waals surface area contributed by atoms with E-state index >= 15 is 0 Å². The van der Waals surface area contributed by atoms with Crippen LogP contribution < -0.4 is 10.4 Å². The van der Waals surface area contributed by atoms with Gasteiger partial charge in [0.2, 0.25) is 0 Å². The number of hydrogen-bond acceptors (Lipinski definition) is 6. The fraction of sp³-hybridized carbons (Fsp3) is 0.400. The number of rotatable bonds is 3. The second kappa shape index (κ2) is 3.95. The van der Waals surface area contributed by atoms with E-state index in [0.29, 0.717) is 12.3 Å². The highest BCUT2D eigenvalue weighted by Crippen LogP contribution is 2.43. The molecule has 1 atom stereocenters. The summed E-state index contributed by atoms with van der Waals surface area (Å²) in [5.41, 5.74) is 0.791. The number of carboxylic acids is 1. The number of nitrogens with zero attached hydrogens (tertiary/aromatic N) is 1. The van der Waals surface area contributed by atoms with E-state index in [1.807, 2.05) is 6.92 Å². The van der Waals surface area contributed by atoms with Crippen LogP contribution in [-0.2, 0) is 4.74 Å². The van der Waals surface area contributed by atoms with E-state index in [4.69, 9.17) is 4.74 Å². The molecule has 86 valence electrons. The number of ether oxygens (including phenoxy) is 1. The van der Waals surface area contributed by atoms with Crippen molar-refractivity contribution in [3.8, 4) is 0 Å². The quantitative estimate of drug-likeness (QED) is 0.819. The molecule has 0 spiro atoms. The van der Waals surface area contributed by atoms with Crippen LogP contribution in [0.1, 0.15) is 17.3 Å². The van der Waals surface area contributed by atoms with Crippen LogP contribution in [0.2, 0.25) is 0 Å². The number of thioether (sulfide) groups is 1. The molecule has 1 aliphatic rings. The Bertz CT molecular complexity index is 438. The van der Waals surface area contributed by atoms with Gasteiger partial charge < -0.3 is 20.0 Å². The van der Waals surface area contributed by atoms with Crippen molar-refractivity contribution < 1.29 is 14.6 Å². The van der Waals surface area contributed by atoms with Crippen molar-refractivity contribution in [2.75, 3.05) is 19.0 Å². The zero-order valence-corrected chi connectivity index (χ0v) is 9.76. The van der Waals surface area contributed by atoms with Crippen LogP contribution >= 0.6 is 11.8 Å². The molecule has 16 heavy (non-hydrogen) atoms. The molecular formula is C10H11N2O3S-. The molecule has 1 aromatic heterocycles. The number of carbonyl (C=O) groups is 1. The minimum atomic E-state index is -1.22. The first kappa shape index (κ1) is 11.2. The predicted octanol–water partition coefficient (Wildman–Crippen LogP) is 0.325. The average Bonchev–Trinajstić information content (AvgIpc) is 2.52. The molecule has 1 unspecified atom stereocenters.